The molecule has 220 valence electrons. The predicted octanol–water partition coefficient (Wildman–Crippen LogP) is 5.35. The first-order valence-electron chi connectivity index (χ1n) is 12.8. The molecule has 2 aromatic carbocycles. The highest BCUT2D eigenvalue weighted by Crippen LogP contribution is 2.32. The lowest BCUT2D eigenvalue weighted by molar-refractivity contribution is -0.385. The van der Waals surface area contributed by atoms with Crippen LogP contribution in [0.3, 0.4) is 0 Å². The number of amides is 2. The maximum absolute atomic E-state index is 13.0. The standard InChI is InChI=1S/C27H32N4O9S/c1-18(32)41-24-14-23(29(15-24)26(34)40-17-20-6-10-22(11-7-20)31(37)38)12-13-27(2,3)28-25(33)39-16-19-4-8-21(9-5-19)30(35)36/h4-11,23-24H,12-17H2,1-3H3,(H,28,33). The van der Waals surface area contributed by atoms with E-state index >= 15 is 0 Å². The quantitative estimate of drug-likeness (QED) is 0.266. The van der Waals surface area contributed by atoms with Gasteiger partial charge in [-0.2, -0.15) is 0 Å². The average molecular weight is 589 g/mol. The van der Waals surface area contributed by atoms with Gasteiger partial charge in [-0.05, 0) is 68.5 Å². The maximum Gasteiger partial charge on any atom is 0.410 e. The van der Waals surface area contributed by atoms with Gasteiger partial charge in [-0.15, -0.1) is 0 Å². The normalized spacial score (nSPS) is 16.6. The van der Waals surface area contributed by atoms with Crippen molar-refractivity contribution < 1.29 is 33.7 Å². The van der Waals surface area contributed by atoms with Crippen LogP contribution in [-0.4, -0.2) is 55.4 Å². The molecule has 0 saturated carbocycles. The molecule has 0 aliphatic carbocycles. The Labute approximate surface area is 240 Å². The number of hydrogen-bond acceptors (Lipinski definition) is 10. The van der Waals surface area contributed by atoms with Gasteiger partial charge in [-0.25, -0.2) is 9.59 Å². The van der Waals surface area contributed by atoms with Gasteiger partial charge in [0, 0.05) is 54.6 Å². The Morgan fingerprint density at radius 3 is 1.95 bits per heavy atom. The van der Waals surface area contributed by atoms with Crippen molar-refractivity contribution in [3.63, 3.8) is 0 Å². The number of rotatable bonds is 11. The maximum atomic E-state index is 13.0. The summed E-state index contributed by atoms with van der Waals surface area (Å²) in [5.74, 6) is 0. The highest BCUT2D eigenvalue weighted by molar-refractivity contribution is 8.14. The van der Waals surface area contributed by atoms with Crippen LogP contribution in [0, 0.1) is 20.2 Å². The SMILES string of the molecule is CC(=O)SC1CC(CCC(C)(C)NC(=O)OCc2ccc([N+](=O)[O-])cc2)N(C(=O)OCc2ccc([N+](=O)[O-])cc2)C1. The summed E-state index contributed by atoms with van der Waals surface area (Å²) in [6.45, 7) is 5.35. The van der Waals surface area contributed by atoms with E-state index in [2.05, 4.69) is 5.32 Å². The summed E-state index contributed by atoms with van der Waals surface area (Å²) < 4.78 is 10.8. The molecule has 41 heavy (non-hydrogen) atoms. The second-order valence-electron chi connectivity index (χ2n) is 10.3. The van der Waals surface area contributed by atoms with Crippen molar-refractivity contribution in [2.75, 3.05) is 6.54 Å². The summed E-state index contributed by atoms with van der Waals surface area (Å²) in [6.07, 6.45) is 0.403. The first-order chi connectivity index (χ1) is 19.3. The largest absolute Gasteiger partial charge is 0.445 e. The third kappa shape index (κ3) is 9.74. The van der Waals surface area contributed by atoms with Gasteiger partial charge in [0.05, 0.1) is 9.85 Å². The number of ether oxygens (including phenoxy) is 2. The molecule has 2 aromatic rings. The number of likely N-dealkylation sites (tertiary alicyclic amines) is 1. The number of nitro groups is 2. The van der Waals surface area contributed by atoms with Crippen molar-refractivity contribution in [2.24, 2.45) is 0 Å². The molecule has 2 unspecified atom stereocenters. The Hall–Kier alpha value is -4.20. The number of hydrogen-bond donors (Lipinski definition) is 1. The highest BCUT2D eigenvalue weighted by Gasteiger charge is 2.38. The zero-order valence-corrected chi connectivity index (χ0v) is 23.8. The van der Waals surface area contributed by atoms with E-state index in [4.69, 9.17) is 9.47 Å². The fourth-order valence-electron chi connectivity index (χ4n) is 4.40. The fraction of sp³-hybridized carbons (Fsp3) is 0.444. The number of thioether (sulfide) groups is 1. The van der Waals surface area contributed by atoms with Crippen LogP contribution in [0.2, 0.25) is 0 Å². The van der Waals surface area contributed by atoms with Crippen molar-refractivity contribution in [1.82, 2.24) is 10.2 Å². The van der Waals surface area contributed by atoms with Crippen molar-refractivity contribution in [1.29, 1.82) is 0 Å². The lowest BCUT2D eigenvalue weighted by Gasteiger charge is -2.30. The summed E-state index contributed by atoms with van der Waals surface area (Å²) in [6, 6.07) is 11.2. The molecule has 0 bridgehead atoms. The van der Waals surface area contributed by atoms with Crippen LogP contribution in [-0.2, 0) is 27.5 Å². The van der Waals surface area contributed by atoms with E-state index in [1.165, 1.54) is 67.2 Å². The monoisotopic (exact) mass is 588 g/mol. The van der Waals surface area contributed by atoms with E-state index in [-0.39, 0.29) is 41.0 Å². The van der Waals surface area contributed by atoms with Gasteiger partial charge in [-0.1, -0.05) is 11.8 Å². The number of nitrogens with one attached hydrogen (secondary N) is 1. The first-order valence-corrected chi connectivity index (χ1v) is 13.7. The molecule has 0 radical (unpaired) electrons. The van der Waals surface area contributed by atoms with Crippen molar-refractivity contribution in [2.45, 2.75) is 70.1 Å². The number of benzene rings is 2. The molecule has 1 saturated heterocycles. The molecule has 1 heterocycles. The fourth-order valence-corrected chi connectivity index (χ4v) is 5.42. The third-order valence-electron chi connectivity index (χ3n) is 6.51. The summed E-state index contributed by atoms with van der Waals surface area (Å²) in [7, 11) is 0. The molecule has 13 nitrogen and oxygen atoms in total. The van der Waals surface area contributed by atoms with Crippen LogP contribution < -0.4 is 5.32 Å². The van der Waals surface area contributed by atoms with Crippen LogP contribution in [0.25, 0.3) is 0 Å². The Morgan fingerprint density at radius 2 is 1.46 bits per heavy atom. The zero-order valence-electron chi connectivity index (χ0n) is 22.9. The topological polar surface area (TPSA) is 171 Å². The number of carbonyl (C=O) groups is 3. The number of nitrogens with zero attached hydrogens (tertiary/aromatic N) is 3. The molecular weight excluding hydrogens is 556 g/mol. The van der Waals surface area contributed by atoms with E-state index < -0.39 is 27.6 Å². The molecule has 2 atom stereocenters. The van der Waals surface area contributed by atoms with Crippen LogP contribution in [0.15, 0.2) is 48.5 Å². The van der Waals surface area contributed by atoms with Crippen LogP contribution >= 0.6 is 11.8 Å². The molecule has 3 rings (SSSR count). The van der Waals surface area contributed by atoms with Crippen molar-refractivity contribution >= 4 is 40.4 Å². The van der Waals surface area contributed by atoms with Gasteiger partial charge >= 0.3 is 12.2 Å². The predicted molar refractivity (Wildman–Crippen MR) is 150 cm³/mol. The molecule has 0 aromatic heterocycles. The number of non-ortho nitro benzene ring substituents is 2. The van der Waals surface area contributed by atoms with Gasteiger partial charge in [0.2, 0.25) is 0 Å². The van der Waals surface area contributed by atoms with E-state index in [0.29, 0.717) is 36.9 Å². The zero-order chi connectivity index (χ0) is 30.2. The molecule has 0 spiro atoms. The Balaban J connectivity index is 1.53. The highest BCUT2D eigenvalue weighted by atomic mass is 32.2. The summed E-state index contributed by atoms with van der Waals surface area (Å²) >= 11 is 1.18. The number of carbonyl (C=O) groups excluding carboxylic acids is 3. The van der Waals surface area contributed by atoms with Gasteiger partial charge in [-0.3, -0.25) is 25.0 Å². The lowest BCUT2D eigenvalue weighted by atomic mass is 9.95. The van der Waals surface area contributed by atoms with Crippen LogP contribution in [0.1, 0.15) is 51.2 Å². The molecule has 1 aliphatic heterocycles. The smallest absolute Gasteiger partial charge is 0.410 e. The van der Waals surface area contributed by atoms with Crippen molar-refractivity contribution in [3.8, 4) is 0 Å². The van der Waals surface area contributed by atoms with Crippen molar-refractivity contribution in [3.05, 3.63) is 79.9 Å². The summed E-state index contributed by atoms with van der Waals surface area (Å²) in [4.78, 5) is 59.3. The van der Waals surface area contributed by atoms with E-state index in [0.717, 1.165) is 0 Å². The van der Waals surface area contributed by atoms with E-state index in [1.54, 1.807) is 4.90 Å². The summed E-state index contributed by atoms with van der Waals surface area (Å²) in [5, 5.41) is 24.3. The minimum atomic E-state index is -0.688. The van der Waals surface area contributed by atoms with E-state index in [9.17, 15) is 34.6 Å². The summed E-state index contributed by atoms with van der Waals surface area (Å²) in [5.41, 5.74) is 0.403. The average Bonchev–Trinajstić information content (AvgIpc) is 3.31. The molecule has 1 fully saturated rings. The van der Waals surface area contributed by atoms with Crippen LogP contribution in [0.5, 0.6) is 0 Å². The van der Waals surface area contributed by atoms with E-state index in [1.807, 2.05) is 13.8 Å². The molecule has 1 N–H and O–H groups in total. The first kappa shape index (κ1) is 31.3. The molecule has 2 amide bonds. The van der Waals surface area contributed by atoms with Gasteiger partial charge < -0.3 is 19.7 Å². The lowest BCUT2D eigenvalue weighted by Crippen LogP contribution is -2.45. The van der Waals surface area contributed by atoms with Gasteiger partial charge in [0.25, 0.3) is 11.4 Å². The van der Waals surface area contributed by atoms with Gasteiger partial charge in [0.15, 0.2) is 5.12 Å². The Kier molecular flexibility index (Phi) is 10.6. The van der Waals surface area contributed by atoms with Gasteiger partial charge in [0.1, 0.15) is 13.2 Å². The molecule has 1 aliphatic rings. The second kappa shape index (κ2) is 13.9. The molecule has 14 heteroatoms. The molecular formula is C27H32N4O9S. The minimum absolute atomic E-state index is 0.0485. The van der Waals surface area contributed by atoms with Crippen LogP contribution in [0.4, 0.5) is 21.0 Å². The Bertz CT molecular complexity index is 1270. The number of nitro benzene ring substituents is 2. The minimum Gasteiger partial charge on any atom is -0.445 e. The Morgan fingerprint density at radius 1 is 0.951 bits per heavy atom. The third-order valence-corrected chi connectivity index (χ3v) is 7.52. The second-order valence-corrected chi connectivity index (χ2v) is 11.8. The number of alkyl carbamates (subject to hydrolysis) is 1.